The van der Waals surface area contributed by atoms with E-state index in [9.17, 15) is 4.79 Å². The SMILES string of the molecule is CC#N.CC#N.C[C@H](N)C(=O)O. The predicted molar refractivity (Wildman–Crippen MR) is 43.9 cm³/mol. The number of aliphatic carboxylic acids is 1. The second kappa shape index (κ2) is 16.2. The molecule has 0 saturated carbocycles. The first kappa shape index (κ1) is 16.8. The molecule has 0 fully saturated rings. The van der Waals surface area contributed by atoms with Gasteiger partial charge in [-0.2, -0.15) is 10.5 Å². The van der Waals surface area contributed by atoms with Crippen LogP contribution in [0.1, 0.15) is 20.8 Å². The molecule has 0 aliphatic carbocycles. The minimum absolute atomic E-state index is 0.731. The van der Waals surface area contributed by atoms with Gasteiger partial charge in [-0.25, -0.2) is 0 Å². The molecule has 5 nitrogen and oxygen atoms in total. The molecule has 0 spiro atoms. The minimum Gasteiger partial charge on any atom is -0.480 e. The summed E-state index contributed by atoms with van der Waals surface area (Å²) in [5.74, 6) is -0.963. The quantitative estimate of drug-likeness (QED) is 0.596. The van der Waals surface area contributed by atoms with Crippen molar-refractivity contribution in [3.63, 3.8) is 0 Å². The zero-order chi connectivity index (χ0) is 10.6. The monoisotopic (exact) mass is 171 g/mol. The van der Waals surface area contributed by atoms with Crippen LogP contribution in [-0.2, 0) is 4.79 Å². The fourth-order valence-corrected chi connectivity index (χ4v) is 0. The molecule has 0 aliphatic heterocycles. The number of nitriles is 2. The molecule has 0 heterocycles. The number of hydrogen-bond acceptors (Lipinski definition) is 4. The van der Waals surface area contributed by atoms with E-state index in [0.29, 0.717) is 0 Å². The minimum atomic E-state index is -0.963. The molecule has 0 aliphatic rings. The number of hydrogen-bond donors (Lipinski definition) is 2. The maximum Gasteiger partial charge on any atom is 0.320 e. The van der Waals surface area contributed by atoms with Crippen LogP contribution in [0.5, 0.6) is 0 Å². The second-order valence-corrected chi connectivity index (χ2v) is 1.57. The molecule has 0 saturated heterocycles. The van der Waals surface area contributed by atoms with E-state index in [1.807, 2.05) is 0 Å². The van der Waals surface area contributed by atoms with Crippen molar-refractivity contribution in [2.75, 3.05) is 0 Å². The van der Waals surface area contributed by atoms with Crippen molar-refractivity contribution in [2.24, 2.45) is 5.73 Å². The van der Waals surface area contributed by atoms with Gasteiger partial charge < -0.3 is 10.8 Å². The molecule has 3 N–H and O–H groups in total. The van der Waals surface area contributed by atoms with Crippen molar-refractivity contribution in [3.8, 4) is 12.1 Å². The van der Waals surface area contributed by atoms with E-state index in [-0.39, 0.29) is 0 Å². The Balaban J connectivity index is -0.000000115. The summed E-state index contributed by atoms with van der Waals surface area (Å²) in [6.45, 7) is 4.28. The fourth-order valence-electron chi connectivity index (χ4n) is 0. The normalized spacial score (nSPS) is 8.17. The summed E-state index contributed by atoms with van der Waals surface area (Å²) in [6, 6.07) is 2.77. The van der Waals surface area contributed by atoms with Gasteiger partial charge in [0.15, 0.2) is 0 Å². The molecule has 0 unspecified atom stereocenters. The van der Waals surface area contributed by atoms with Crippen LogP contribution < -0.4 is 5.73 Å². The summed E-state index contributed by atoms with van der Waals surface area (Å²) in [6.07, 6.45) is 0. The van der Waals surface area contributed by atoms with Crippen molar-refractivity contribution in [1.29, 1.82) is 10.5 Å². The van der Waals surface area contributed by atoms with E-state index in [1.165, 1.54) is 20.8 Å². The molecule has 68 valence electrons. The van der Waals surface area contributed by atoms with Crippen LogP contribution in [0.3, 0.4) is 0 Å². The van der Waals surface area contributed by atoms with Gasteiger partial charge in [0.05, 0.1) is 12.1 Å². The molecule has 0 radical (unpaired) electrons. The average Bonchev–Trinajstić information content (AvgIpc) is 1.90. The van der Waals surface area contributed by atoms with Gasteiger partial charge in [-0.15, -0.1) is 0 Å². The molecule has 0 aromatic rings. The highest BCUT2D eigenvalue weighted by molar-refractivity contribution is 5.72. The lowest BCUT2D eigenvalue weighted by molar-refractivity contribution is -0.138. The summed E-state index contributed by atoms with van der Waals surface area (Å²) in [7, 11) is 0. The summed E-state index contributed by atoms with van der Waals surface area (Å²) in [5, 5.41) is 22.5. The summed E-state index contributed by atoms with van der Waals surface area (Å²) >= 11 is 0. The van der Waals surface area contributed by atoms with Crippen molar-refractivity contribution in [3.05, 3.63) is 0 Å². The highest BCUT2D eigenvalue weighted by atomic mass is 16.4. The first-order valence-electron chi connectivity index (χ1n) is 3.07. The van der Waals surface area contributed by atoms with E-state index in [2.05, 4.69) is 0 Å². The number of carbonyl (C=O) groups is 1. The van der Waals surface area contributed by atoms with Gasteiger partial charge >= 0.3 is 5.97 Å². The van der Waals surface area contributed by atoms with Crippen LogP contribution in [0.2, 0.25) is 0 Å². The van der Waals surface area contributed by atoms with Crippen molar-refractivity contribution >= 4 is 5.97 Å². The zero-order valence-electron chi connectivity index (χ0n) is 7.40. The lowest BCUT2D eigenvalue weighted by atomic mass is 10.4. The first-order valence-corrected chi connectivity index (χ1v) is 3.07. The molecule has 0 aromatic carbocycles. The Kier molecular flexibility index (Phi) is 22.7. The van der Waals surface area contributed by atoms with Crippen LogP contribution in [0.4, 0.5) is 0 Å². The molecule has 0 aromatic heterocycles. The van der Waals surface area contributed by atoms with Crippen LogP contribution in [0, 0.1) is 22.7 Å². The van der Waals surface area contributed by atoms with Crippen LogP contribution in [0.25, 0.3) is 0 Å². The smallest absolute Gasteiger partial charge is 0.320 e. The zero-order valence-corrected chi connectivity index (χ0v) is 7.40. The number of carboxylic acids is 1. The average molecular weight is 171 g/mol. The third kappa shape index (κ3) is 79.5. The predicted octanol–water partition coefficient (Wildman–Crippen LogP) is 0.478. The van der Waals surface area contributed by atoms with E-state index in [1.54, 1.807) is 12.1 Å². The summed E-state index contributed by atoms with van der Waals surface area (Å²) in [5.41, 5.74) is 4.84. The lowest BCUT2D eigenvalue weighted by Crippen LogP contribution is -2.25. The lowest BCUT2D eigenvalue weighted by Gasteiger charge is -1.90. The maximum atomic E-state index is 9.57. The Morgan fingerprint density at radius 3 is 1.50 bits per heavy atom. The van der Waals surface area contributed by atoms with Gasteiger partial charge in [0.1, 0.15) is 6.04 Å². The molecule has 5 heteroatoms. The summed E-state index contributed by atoms with van der Waals surface area (Å²) in [4.78, 5) is 9.57. The Hall–Kier alpha value is -1.59. The Bertz CT molecular complexity index is 164. The van der Waals surface area contributed by atoms with Crippen LogP contribution >= 0.6 is 0 Å². The Morgan fingerprint density at radius 1 is 1.42 bits per heavy atom. The largest absolute Gasteiger partial charge is 0.480 e. The number of nitrogens with zero attached hydrogens (tertiary/aromatic N) is 2. The number of rotatable bonds is 1. The molecule has 0 amide bonds. The van der Waals surface area contributed by atoms with E-state index < -0.39 is 12.0 Å². The third-order valence-electron chi connectivity index (χ3n) is 0.390. The third-order valence-corrected chi connectivity index (χ3v) is 0.390. The van der Waals surface area contributed by atoms with E-state index in [0.717, 1.165) is 0 Å². The van der Waals surface area contributed by atoms with Gasteiger partial charge in [0.25, 0.3) is 0 Å². The fraction of sp³-hybridized carbons (Fsp3) is 0.571. The molecule has 1 atom stereocenters. The van der Waals surface area contributed by atoms with Gasteiger partial charge in [-0.1, -0.05) is 0 Å². The highest BCUT2D eigenvalue weighted by Gasteiger charge is 1.99. The Morgan fingerprint density at radius 2 is 1.50 bits per heavy atom. The maximum absolute atomic E-state index is 9.57. The number of carboxylic acid groups (broad SMARTS) is 1. The molecule has 0 rings (SSSR count). The van der Waals surface area contributed by atoms with Gasteiger partial charge in [0.2, 0.25) is 0 Å². The molecular formula is C7H13N3O2. The van der Waals surface area contributed by atoms with Crippen molar-refractivity contribution in [1.82, 2.24) is 0 Å². The van der Waals surface area contributed by atoms with Crippen LogP contribution in [0.15, 0.2) is 0 Å². The van der Waals surface area contributed by atoms with E-state index >= 15 is 0 Å². The Labute approximate surface area is 72.0 Å². The van der Waals surface area contributed by atoms with Gasteiger partial charge in [-0.05, 0) is 6.92 Å². The topological polar surface area (TPSA) is 111 Å². The standard InChI is InChI=1S/C3H7NO2.2C2H3N/c1-2(4)3(5)6;2*1-2-3/h2H,4H2,1H3,(H,5,6);2*1H3/t2-;;/m0../s1. The second-order valence-electron chi connectivity index (χ2n) is 1.57. The van der Waals surface area contributed by atoms with Crippen LogP contribution in [-0.4, -0.2) is 17.1 Å². The molecular weight excluding hydrogens is 158 g/mol. The number of nitrogens with two attached hydrogens (primary N) is 1. The van der Waals surface area contributed by atoms with Gasteiger partial charge in [0, 0.05) is 13.8 Å². The van der Waals surface area contributed by atoms with Crippen molar-refractivity contribution in [2.45, 2.75) is 26.8 Å². The highest BCUT2D eigenvalue weighted by Crippen LogP contribution is 1.68. The summed E-state index contributed by atoms with van der Waals surface area (Å²) < 4.78 is 0. The molecule has 12 heavy (non-hydrogen) atoms. The molecule has 0 bridgehead atoms. The van der Waals surface area contributed by atoms with Crippen molar-refractivity contribution < 1.29 is 9.90 Å². The van der Waals surface area contributed by atoms with E-state index in [4.69, 9.17) is 21.4 Å². The first-order chi connectivity index (χ1) is 5.47. The van der Waals surface area contributed by atoms with Gasteiger partial charge in [-0.3, -0.25) is 4.79 Å².